The fraction of sp³-hybridized carbons (Fsp3) is 0.842. The van der Waals surface area contributed by atoms with E-state index in [1.165, 1.54) is 4.90 Å². The summed E-state index contributed by atoms with van der Waals surface area (Å²) < 4.78 is 4.94. The van der Waals surface area contributed by atoms with Crippen LogP contribution in [0.25, 0.3) is 0 Å². The van der Waals surface area contributed by atoms with Gasteiger partial charge >= 0.3 is 0 Å². The highest BCUT2D eigenvalue weighted by molar-refractivity contribution is 5.88. The van der Waals surface area contributed by atoms with E-state index in [1.54, 1.807) is 7.11 Å². The number of amides is 3. The van der Waals surface area contributed by atoms with Crippen molar-refractivity contribution < 1.29 is 19.1 Å². The minimum atomic E-state index is -0.504. The lowest BCUT2D eigenvalue weighted by molar-refractivity contribution is -0.137. The number of likely N-dealkylation sites (tertiary alicyclic amines) is 1. The van der Waals surface area contributed by atoms with Gasteiger partial charge in [-0.1, -0.05) is 34.6 Å². The highest BCUT2D eigenvalue weighted by Gasteiger charge is 2.31. The van der Waals surface area contributed by atoms with Gasteiger partial charge in [-0.15, -0.1) is 0 Å². The van der Waals surface area contributed by atoms with Gasteiger partial charge in [0.15, 0.2) is 0 Å². The van der Waals surface area contributed by atoms with Gasteiger partial charge in [-0.05, 0) is 39.5 Å². The Balaban J connectivity index is -0.000000367. The Labute approximate surface area is 160 Å². The molecule has 0 bridgehead atoms. The number of primary amides is 1. The Bertz CT molecular complexity index is 377. The smallest absolute Gasteiger partial charge is 0.242 e. The van der Waals surface area contributed by atoms with Crippen molar-refractivity contribution in [2.24, 2.45) is 11.7 Å². The topological polar surface area (TPSA) is 102 Å². The van der Waals surface area contributed by atoms with Gasteiger partial charge < -0.3 is 20.7 Å². The number of nitrogens with zero attached hydrogens (tertiary/aromatic N) is 1. The molecule has 0 aromatic heterocycles. The molecular formula is C19H41N3O4. The zero-order valence-corrected chi connectivity index (χ0v) is 18.2. The third-order valence-corrected chi connectivity index (χ3v) is 2.85. The number of carbonyl (C=O) groups excluding carboxylic acids is 3. The zero-order chi connectivity index (χ0) is 21.3. The van der Waals surface area contributed by atoms with Gasteiger partial charge in [0.2, 0.25) is 18.2 Å². The van der Waals surface area contributed by atoms with E-state index in [2.05, 4.69) is 26.1 Å². The first-order valence-corrected chi connectivity index (χ1v) is 9.27. The molecule has 3 N–H and O–H groups in total. The van der Waals surface area contributed by atoms with Crippen molar-refractivity contribution in [1.29, 1.82) is 0 Å². The summed E-state index contributed by atoms with van der Waals surface area (Å²) in [4.78, 5) is 33.7. The molecule has 1 rings (SSSR count). The summed E-state index contributed by atoms with van der Waals surface area (Å²) in [5.41, 5.74) is 5.17. The number of hydrogen-bond donors (Lipinski definition) is 2. The van der Waals surface area contributed by atoms with Crippen LogP contribution in [0.5, 0.6) is 0 Å². The molecule has 156 valence electrons. The second-order valence-electron chi connectivity index (χ2n) is 7.19. The lowest BCUT2D eigenvalue weighted by Crippen LogP contribution is -2.46. The molecule has 1 atom stereocenters. The van der Waals surface area contributed by atoms with Crippen molar-refractivity contribution in [1.82, 2.24) is 10.2 Å². The van der Waals surface area contributed by atoms with Crippen LogP contribution < -0.4 is 11.1 Å². The molecule has 0 saturated carbocycles. The molecule has 1 unspecified atom stereocenters. The Kier molecular flexibility index (Phi) is 18.9. The van der Waals surface area contributed by atoms with Gasteiger partial charge in [0.05, 0.1) is 12.1 Å². The summed E-state index contributed by atoms with van der Waals surface area (Å²) in [7, 11) is 1.71. The monoisotopic (exact) mass is 375 g/mol. The number of hydrogen-bond acceptors (Lipinski definition) is 4. The van der Waals surface area contributed by atoms with E-state index in [0.717, 1.165) is 12.3 Å². The summed E-state index contributed by atoms with van der Waals surface area (Å²) in [5, 5.41) is 2.26. The van der Waals surface area contributed by atoms with Gasteiger partial charge in [0, 0.05) is 13.7 Å². The molecule has 1 saturated heterocycles. The third kappa shape index (κ3) is 18.7. The standard InChI is InChI=1S/C8H13N3O3.C5H12O.C4H10.C2H6/c9-8(14)6-2-1-3-11(6)7(13)4-10-5-12;1-5(2,3)6-4;1-4(2)3;1-2/h5-6H,1-4H2,(H2,9,14)(H,10,12);1-4H3;4H,1-3H3;1-2H3. The van der Waals surface area contributed by atoms with E-state index in [0.29, 0.717) is 19.4 Å². The minimum Gasteiger partial charge on any atom is -0.379 e. The Morgan fingerprint density at radius 3 is 2.00 bits per heavy atom. The molecule has 0 radical (unpaired) electrons. The largest absolute Gasteiger partial charge is 0.379 e. The summed E-state index contributed by atoms with van der Waals surface area (Å²) >= 11 is 0. The molecule has 1 heterocycles. The quantitative estimate of drug-likeness (QED) is 0.736. The fourth-order valence-corrected chi connectivity index (χ4v) is 1.59. The number of nitrogens with one attached hydrogen (secondary N) is 1. The molecule has 0 spiro atoms. The van der Waals surface area contributed by atoms with Crippen LogP contribution in [0.4, 0.5) is 0 Å². The van der Waals surface area contributed by atoms with Crippen molar-refractivity contribution in [3.05, 3.63) is 0 Å². The molecule has 0 aromatic carbocycles. The Morgan fingerprint density at radius 1 is 1.27 bits per heavy atom. The fourth-order valence-electron chi connectivity index (χ4n) is 1.59. The summed E-state index contributed by atoms with van der Waals surface area (Å²) in [6.45, 7) is 17.0. The molecule has 0 aliphatic carbocycles. The molecule has 7 heteroatoms. The van der Waals surface area contributed by atoms with Gasteiger partial charge in [-0.25, -0.2) is 0 Å². The lowest BCUT2D eigenvalue weighted by atomic mass is 10.2. The Hall–Kier alpha value is -1.63. The molecule has 3 amide bonds. The van der Waals surface area contributed by atoms with Crippen LogP contribution >= 0.6 is 0 Å². The summed E-state index contributed by atoms with van der Waals surface area (Å²) in [6, 6.07) is -0.504. The number of nitrogens with two attached hydrogens (primary N) is 1. The van der Waals surface area contributed by atoms with Crippen LogP contribution in [0.2, 0.25) is 0 Å². The van der Waals surface area contributed by atoms with E-state index in [4.69, 9.17) is 10.5 Å². The van der Waals surface area contributed by atoms with Crippen LogP contribution in [0.1, 0.15) is 68.2 Å². The minimum absolute atomic E-state index is 0.0417. The molecule has 1 fully saturated rings. The van der Waals surface area contributed by atoms with Crippen molar-refractivity contribution in [3.8, 4) is 0 Å². The van der Waals surface area contributed by atoms with Crippen LogP contribution in [0.15, 0.2) is 0 Å². The van der Waals surface area contributed by atoms with Crippen LogP contribution in [0, 0.1) is 5.92 Å². The number of methoxy groups -OCH3 is 1. The van der Waals surface area contributed by atoms with Crippen molar-refractivity contribution in [2.75, 3.05) is 20.2 Å². The first kappa shape index (κ1) is 29.1. The van der Waals surface area contributed by atoms with E-state index >= 15 is 0 Å². The maximum atomic E-state index is 11.4. The van der Waals surface area contributed by atoms with E-state index in [9.17, 15) is 14.4 Å². The summed E-state index contributed by atoms with van der Waals surface area (Å²) in [5.74, 6) is 0.0837. The maximum absolute atomic E-state index is 11.4. The average Bonchev–Trinajstić information content (AvgIpc) is 3.04. The van der Waals surface area contributed by atoms with E-state index in [-0.39, 0.29) is 18.1 Å². The molecular weight excluding hydrogens is 334 g/mol. The molecule has 0 aromatic rings. The summed E-state index contributed by atoms with van der Waals surface area (Å²) in [6.07, 6.45) is 1.84. The van der Waals surface area contributed by atoms with Gasteiger partial charge in [0.1, 0.15) is 6.04 Å². The number of rotatable bonds is 4. The first-order chi connectivity index (χ1) is 12.0. The van der Waals surface area contributed by atoms with Crippen molar-refractivity contribution in [3.63, 3.8) is 0 Å². The van der Waals surface area contributed by atoms with Crippen LogP contribution in [-0.4, -0.2) is 55.0 Å². The van der Waals surface area contributed by atoms with Gasteiger partial charge in [0.25, 0.3) is 0 Å². The average molecular weight is 376 g/mol. The molecule has 26 heavy (non-hydrogen) atoms. The predicted octanol–water partition coefficient (Wildman–Crippen LogP) is 2.33. The van der Waals surface area contributed by atoms with E-state index in [1.807, 2.05) is 34.6 Å². The SMILES string of the molecule is CC.CC(C)C.COC(C)(C)C.NC(=O)C1CCCN1C(=O)CNC=O. The van der Waals surface area contributed by atoms with Crippen molar-refractivity contribution >= 4 is 18.2 Å². The van der Waals surface area contributed by atoms with Gasteiger partial charge in [-0.2, -0.15) is 0 Å². The number of ether oxygens (including phenoxy) is 1. The first-order valence-electron chi connectivity index (χ1n) is 9.27. The highest BCUT2D eigenvalue weighted by atomic mass is 16.5. The molecule has 1 aliphatic rings. The van der Waals surface area contributed by atoms with Crippen LogP contribution in [0.3, 0.4) is 0 Å². The third-order valence-electron chi connectivity index (χ3n) is 2.85. The van der Waals surface area contributed by atoms with Gasteiger partial charge in [-0.3, -0.25) is 14.4 Å². The Morgan fingerprint density at radius 2 is 1.69 bits per heavy atom. The molecule has 7 nitrogen and oxygen atoms in total. The number of carbonyl (C=O) groups is 3. The zero-order valence-electron chi connectivity index (χ0n) is 18.2. The predicted molar refractivity (Wildman–Crippen MR) is 107 cm³/mol. The van der Waals surface area contributed by atoms with Crippen molar-refractivity contribution in [2.45, 2.75) is 79.9 Å². The van der Waals surface area contributed by atoms with Crippen LogP contribution in [-0.2, 0) is 19.1 Å². The van der Waals surface area contributed by atoms with E-state index < -0.39 is 11.9 Å². The maximum Gasteiger partial charge on any atom is 0.242 e. The lowest BCUT2D eigenvalue weighted by Gasteiger charge is -2.21. The molecule has 1 aliphatic heterocycles. The normalized spacial score (nSPS) is 15.5. The highest BCUT2D eigenvalue weighted by Crippen LogP contribution is 2.16. The second-order valence-corrected chi connectivity index (χ2v) is 7.19. The second kappa shape index (κ2) is 16.8.